The lowest BCUT2D eigenvalue weighted by atomic mass is 10.1. The standard InChI is InChI=1S/C19H23N3O3/c1-2-21(12-16-10-11-25-14-16)19(24)17-8-9-18(23)22(20-17)13-15-6-4-3-5-7-15/h3-9,16H,2,10-14H2,1H3. The summed E-state index contributed by atoms with van der Waals surface area (Å²) in [5.41, 5.74) is 1.06. The van der Waals surface area contributed by atoms with Crippen LogP contribution in [0.4, 0.5) is 0 Å². The molecular weight excluding hydrogens is 318 g/mol. The minimum atomic E-state index is -0.215. The Morgan fingerprint density at radius 2 is 2.08 bits per heavy atom. The van der Waals surface area contributed by atoms with Crippen molar-refractivity contribution >= 4 is 5.91 Å². The second-order valence-electron chi connectivity index (χ2n) is 6.27. The molecule has 1 aromatic heterocycles. The van der Waals surface area contributed by atoms with Gasteiger partial charge in [-0.3, -0.25) is 9.59 Å². The first kappa shape index (κ1) is 17.4. The molecule has 1 atom stereocenters. The molecule has 1 saturated heterocycles. The van der Waals surface area contributed by atoms with Crippen molar-refractivity contribution < 1.29 is 9.53 Å². The SMILES string of the molecule is CCN(CC1CCOC1)C(=O)c1ccc(=O)n(Cc2ccccc2)n1. The van der Waals surface area contributed by atoms with E-state index in [4.69, 9.17) is 4.74 Å². The van der Waals surface area contributed by atoms with E-state index in [1.165, 1.54) is 16.8 Å². The average Bonchev–Trinajstić information content (AvgIpc) is 3.15. The number of rotatable bonds is 6. The highest BCUT2D eigenvalue weighted by Gasteiger charge is 2.23. The van der Waals surface area contributed by atoms with Gasteiger partial charge in [-0.05, 0) is 25.0 Å². The lowest BCUT2D eigenvalue weighted by molar-refractivity contribution is 0.0722. The summed E-state index contributed by atoms with van der Waals surface area (Å²) in [5, 5.41) is 4.29. The number of carbonyl (C=O) groups excluding carboxylic acids is 1. The van der Waals surface area contributed by atoms with Crippen molar-refractivity contribution in [3.8, 4) is 0 Å². The highest BCUT2D eigenvalue weighted by atomic mass is 16.5. The number of hydrogen-bond donors (Lipinski definition) is 0. The van der Waals surface area contributed by atoms with Gasteiger partial charge in [-0.15, -0.1) is 0 Å². The van der Waals surface area contributed by atoms with E-state index in [2.05, 4.69) is 5.10 Å². The van der Waals surface area contributed by atoms with Gasteiger partial charge in [0.05, 0.1) is 13.2 Å². The third-order valence-electron chi connectivity index (χ3n) is 4.43. The molecule has 1 amide bonds. The normalized spacial score (nSPS) is 16.8. The zero-order chi connectivity index (χ0) is 17.6. The second kappa shape index (κ2) is 8.07. The lowest BCUT2D eigenvalue weighted by Gasteiger charge is -2.23. The molecule has 1 fully saturated rings. The fourth-order valence-corrected chi connectivity index (χ4v) is 2.99. The molecular formula is C19H23N3O3. The summed E-state index contributed by atoms with van der Waals surface area (Å²) in [4.78, 5) is 26.6. The summed E-state index contributed by atoms with van der Waals surface area (Å²) < 4.78 is 6.73. The maximum Gasteiger partial charge on any atom is 0.274 e. The highest BCUT2D eigenvalue weighted by Crippen LogP contribution is 2.15. The lowest BCUT2D eigenvalue weighted by Crippen LogP contribution is -2.37. The van der Waals surface area contributed by atoms with Crippen LogP contribution in [-0.2, 0) is 11.3 Å². The molecule has 25 heavy (non-hydrogen) atoms. The summed E-state index contributed by atoms with van der Waals surface area (Å²) >= 11 is 0. The zero-order valence-corrected chi connectivity index (χ0v) is 14.4. The van der Waals surface area contributed by atoms with E-state index in [1.807, 2.05) is 37.3 Å². The zero-order valence-electron chi connectivity index (χ0n) is 14.4. The van der Waals surface area contributed by atoms with Gasteiger partial charge in [0.15, 0.2) is 0 Å². The van der Waals surface area contributed by atoms with Crippen LogP contribution in [0.5, 0.6) is 0 Å². The number of nitrogens with zero attached hydrogens (tertiary/aromatic N) is 3. The van der Waals surface area contributed by atoms with Gasteiger partial charge in [0.2, 0.25) is 0 Å². The third-order valence-corrected chi connectivity index (χ3v) is 4.43. The fourth-order valence-electron chi connectivity index (χ4n) is 2.99. The van der Waals surface area contributed by atoms with E-state index in [9.17, 15) is 9.59 Å². The predicted octanol–water partition coefficient (Wildman–Crippen LogP) is 1.79. The molecule has 6 heteroatoms. The largest absolute Gasteiger partial charge is 0.381 e. The summed E-state index contributed by atoms with van der Waals surface area (Å²) in [6.07, 6.45) is 0.977. The van der Waals surface area contributed by atoms with E-state index in [0.717, 1.165) is 18.6 Å². The summed E-state index contributed by atoms with van der Waals surface area (Å²) in [6, 6.07) is 12.5. The van der Waals surface area contributed by atoms with Crippen LogP contribution in [0.3, 0.4) is 0 Å². The van der Waals surface area contributed by atoms with E-state index < -0.39 is 0 Å². The molecule has 2 heterocycles. The quantitative estimate of drug-likeness (QED) is 0.803. The number of amides is 1. The Hall–Kier alpha value is -2.47. The van der Waals surface area contributed by atoms with Crippen LogP contribution in [0.2, 0.25) is 0 Å². The van der Waals surface area contributed by atoms with Crippen molar-refractivity contribution in [3.05, 3.63) is 64.1 Å². The molecule has 0 bridgehead atoms. The molecule has 1 aromatic carbocycles. The van der Waals surface area contributed by atoms with Crippen molar-refractivity contribution in [1.29, 1.82) is 0 Å². The van der Waals surface area contributed by atoms with E-state index in [1.54, 1.807) is 4.90 Å². The van der Waals surface area contributed by atoms with Crippen LogP contribution in [0, 0.1) is 5.92 Å². The molecule has 3 rings (SSSR count). The predicted molar refractivity (Wildman–Crippen MR) is 94.5 cm³/mol. The molecule has 0 aliphatic carbocycles. The Morgan fingerprint density at radius 1 is 1.28 bits per heavy atom. The fraction of sp³-hybridized carbons (Fsp3) is 0.421. The third kappa shape index (κ3) is 4.33. The van der Waals surface area contributed by atoms with Gasteiger partial charge >= 0.3 is 0 Å². The minimum absolute atomic E-state index is 0.142. The first-order chi connectivity index (χ1) is 12.2. The first-order valence-electron chi connectivity index (χ1n) is 8.66. The second-order valence-corrected chi connectivity index (χ2v) is 6.27. The smallest absolute Gasteiger partial charge is 0.274 e. The van der Waals surface area contributed by atoms with Crippen LogP contribution < -0.4 is 5.56 Å². The molecule has 1 aliphatic heterocycles. The van der Waals surface area contributed by atoms with Crippen LogP contribution in [-0.4, -0.2) is 46.9 Å². The number of benzene rings is 1. The minimum Gasteiger partial charge on any atom is -0.381 e. The molecule has 132 valence electrons. The van der Waals surface area contributed by atoms with Crippen molar-refractivity contribution in [2.24, 2.45) is 5.92 Å². The van der Waals surface area contributed by atoms with Gasteiger partial charge in [0, 0.05) is 31.7 Å². The number of carbonyl (C=O) groups is 1. The van der Waals surface area contributed by atoms with Crippen molar-refractivity contribution in [2.75, 3.05) is 26.3 Å². The van der Waals surface area contributed by atoms with Crippen molar-refractivity contribution in [2.45, 2.75) is 19.9 Å². The van der Waals surface area contributed by atoms with Gasteiger partial charge < -0.3 is 9.64 Å². The first-order valence-corrected chi connectivity index (χ1v) is 8.66. The van der Waals surface area contributed by atoms with Crippen LogP contribution in [0.15, 0.2) is 47.3 Å². The maximum atomic E-state index is 12.8. The Morgan fingerprint density at radius 3 is 2.76 bits per heavy atom. The van der Waals surface area contributed by atoms with Crippen LogP contribution >= 0.6 is 0 Å². The van der Waals surface area contributed by atoms with Crippen LogP contribution in [0.1, 0.15) is 29.4 Å². The number of aromatic nitrogens is 2. The van der Waals surface area contributed by atoms with Gasteiger partial charge in [-0.25, -0.2) is 4.68 Å². The molecule has 1 unspecified atom stereocenters. The van der Waals surface area contributed by atoms with E-state index in [0.29, 0.717) is 37.9 Å². The van der Waals surface area contributed by atoms with Gasteiger partial charge in [-0.2, -0.15) is 5.10 Å². The van der Waals surface area contributed by atoms with E-state index >= 15 is 0 Å². The van der Waals surface area contributed by atoms with Crippen molar-refractivity contribution in [1.82, 2.24) is 14.7 Å². The number of hydrogen-bond acceptors (Lipinski definition) is 4. The van der Waals surface area contributed by atoms with E-state index in [-0.39, 0.29) is 11.5 Å². The molecule has 6 nitrogen and oxygen atoms in total. The number of ether oxygens (including phenoxy) is 1. The molecule has 1 aliphatic rings. The summed E-state index contributed by atoms with van der Waals surface area (Å²) in [7, 11) is 0. The van der Waals surface area contributed by atoms with Gasteiger partial charge in [-0.1, -0.05) is 30.3 Å². The summed E-state index contributed by atoms with van der Waals surface area (Å²) in [6.45, 7) is 5.03. The molecule has 2 aromatic rings. The molecule has 0 radical (unpaired) electrons. The molecule has 0 N–H and O–H groups in total. The van der Waals surface area contributed by atoms with Gasteiger partial charge in [0.25, 0.3) is 11.5 Å². The topological polar surface area (TPSA) is 64.4 Å². The Balaban J connectivity index is 1.77. The molecule has 0 spiro atoms. The van der Waals surface area contributed by atoms with Crippen LogP contribution in [0.25, 0.3) is 0 Å². The monoisotopic (exact) mass is 341 g/mol. The van der Waals surface area contributed by atoms with Crippen molar-refractivity contribution in [3.63, 3.8) is 0 Å². The average molecular weight is 341 g/mol. The van der Waals surface area contributed by atoms with Gasteiger partial charge in [0.1, 0.15) is 5.69 Å². The Bertz CT molecular complexity index is 767. The summed E-state index contributed by atoms with van der Waals surface area (Å²) in [5.74, 6) is 0.232. The Labute approximate surface area is 147 Å². The Kier molecular flexibility index (Phi) is 5.60. The maximum absolute atomic E-state index is 12.8. The molecule has 0 saturated carbocycles. The highest BCUT2D eigenvalue weighted by molar-refractivity contribution is 5.92.